The van der Waals surface area contributed by atoms with Crippen molar-refractivity contribution in [3.8, 4) is 5.88 Å². The molecular formula is C16H29IN4O. The van der Waals surface area contributed by atoms with Crippen LogP contribution in [0.15, 0.2) is 23.2 Å². The summed E-state index contributed by atoms with van der Waals surface area (Å²) in [5.74, 6) is 1.82. The molecule has 0 saturated carbocycles. The van der Waals surface area contributed by atoms with E-state index in [9.17, 15) is 0 Å². The van der Waals surface area contributed by atoms with Crippen LogP contribution in [-0.2, 0) is 6.54 Å². The fourth-order valence-corrected chi connectivity index (χ4v) is 2.03. The molecule has 5 nitrogen and oxygen atoms in total. The summed E-state index contributed by atoms with van der Waals surface area (Å²) in [5.41, 5.74) is 6.74. The maximum Gasteiger partial charge on any atom is 0.213 e. The van der Waals surface area contributed by atoms with Gasteiger partial charge in [-0.05, 0) is 25.3 Å². The smallest absolute Gasteiger partial charge is 0.213 e. The van der Waals surface area contributed by atoms with Crippen LogP contribution in [0.1, 0.15) is 45.7 Å². The van der Waals surface area contributed by atoms with Crippen molar-refractivity contribution < 1.29 is 4.74 Å². The molecule has 1 heterocycles. The molecular weight excluding hydrogens is 391 g/mol. The van der Waals surface area contributed by atoms with Gasteiger partial charge in [0, 0.05) is 12.1 Å². The number of nitrogens with two attached hydrogens (primary N) is 1. The zero-order valence-electron chi connectivity index (χ0n) is 14.0. The molecule has 0 aliphatic carbocycles. The highest BCUT2D eigenvalue weighted by atomic mass is 127. The second kappa shape index (κ2) is 11.5. The number of aliphatic imine (C=N–C) groups is 1. The minimum atomic E-state index is 0. The summed E-state index contributed by atoms with van der Waals surface area (Å²) in [6, 6.07) is 5.96. The predicted molar refractivity (Wildman–Crippen MR) is 103 cm³/mol. The zero-order valence-corrected chi connectivity index (χ0v) is 16.3. The van der Waals surface area contributed by atoms with Gasteiger partial charge >= 0.3 is 0 Å². The summed E-state index contributed by atoms with van der Waals surface area (Å²) < 4.78 is 5.08. The Morgan fingerprint density at radius 2 is 2.05 bits per heavy atom. The number of rotatable bonds is 8. The number of halogens is 1. The van der Waals surface area contributed by atoms with E-state index in [-0.39, 0.29) is 24.0 Å². The lowest BCUT2D eigenvalue weighted by Crippen LogP contribution is -2.38. The van der Waals surface area contributed by atoms with E-state index in [4.69, 9.17) is 10.5 Å². The average Bonchev–Trinajstić information content (AvgIpc) is 2.45. The molecule has 0 spiro atoms. The Kier molecular flexibility index (Phi) is 11.0. The van der Waals surface area contributed by atoms with Crippen LogP contribution >= 0.6 is 24.0 Å². The van der Waals surface area contributed by atoms with Crippen LogP contribution < -0.4 is 15.8 Å². The van der Waals surface area contributed by atoms with Crippen LogP contribution in [0, 0.1) is 5.92 Å². The number of ether oxygens (including phenoxy) is 1. The molecule has 1 aromatic rings. The summed E-state index contributed by atoms with van der Waals surface area (Å²) in [4.78, 5) is 8.62. The lowest BCUT2D eigenvalue weighted by Gasteiger charge is -2.15. The Labute approximate surface area is 151 Å². The van der Waals surface area contributed by atoms with Crippen molar-refractivity contribution in [2.75, 3.05) is 7.11 Å². The molecule has 1 unspecified atom stereocenters. The Morgan fingerprint density at radius 3 is 2.68 bits per heavy atom. The van der Waals surface area contributed by atoms with Crippen LogP contribution in [0.5, 0.6) is 5.88 Å². The van der Waals surface area contributed by atoms with Gasteiger partial charge < -0.3 is 15.8 Å². The standard InChI is InChI=1S/C16H28N4O.HI/c1-12(2)7-5-8-13(3)19-16(17)18-11-14-9-6-10-15(20-14)21-4;/h6,9-10,12-13H,5,7-8,11H2,1-4H3,(H3,17,18,19);1H. The normalized spacial score (nSPS) is 12.7. The Bertz CT molecular complexity index is 452. The number of guanidine groups is 1. The van der Waals surface area contributed by atoms with Gasteiger partial charge in [-0.3, -0.25) is 0 Å². The van der Waals surface area contributed by atoms with E-state index in [1.54, 1.807) is 7.11 Å². The van der Waals surface area contributed by atoms with Gasteiger partial charge in [0.15, 0.2) is 5.96 Å². The van der Waals surface area contributed by atoms with Crippen molar-refractivity contribution in [2.45, 2.75) is 52.6 Å². The van der Waals surface area contributed by atoms with Crippen LogP contribution in [0.3, 0.4) is 0 Å². The maximum absolute atomic E-state index is 5.90. The van der Waals surface area contributed by atoms with Crippen molar-refractivity contribution in [3.05, 3.63) is 23.9 Å². The van der Waals surface area contributed by atoms with Gasteiger partial charge in [0.05, 0.1) is 19.3 Å². The van der Waals surface area contributed by atoms with E-state index in [2.05, 4.69) is 36.1 Å². The number of nitrogens with one attached hydrogen (secondary N) is 1. The van der Waals surface area contributed by atoms with Gasteiger partial charge in [-0.25, -0.2) is 9.98 Å². The molecule has 0 radical (unpaired) electrons. The molecule has 22 heavy (non-hydrogen) atoms. The first kappa shape index (κ1) is 20.9. The fraction of sp³-hybridized carbons (Fsp3) is 0.625. The topological polar surface area (TPSA) is 72.5 Å². The van der Waals surface area contributed by atoms with Gasteiger partial charge in [-0.15, -0.1) is 24.0 Å². The van der Waals surface area contributed by atoms with Gasteiger partial charge in [0.2, 0.25) is 5.88 Å². The summed E-state index contributed by atoms with van der Waals surface area (Å²) >= 11 is 0. The Morgan fingerprint density at radius 1 is 1.32 bits per heavy atom. The zero-order chi connectivity index (χ0) is 15.7. The molecule has 0 aliphatic rings. The first-order chi connectivity index (χ1) is 10.0. The monoisotopic (exact) mass is 420 g/mol. The average molecular weight is 420 g/mol. The van der Waals surface area contributed by atoms with E-state index in [0.717, 1.165) is 18.0 Å². The molecule has 0 amide bonds. The molecule has 1 aromatic heterocycles. The Balaban J connectivity index is 0.00000441. The van der Waals surface area contributed by atoms with Crippen LogP contribution in [-0.4, -0.2) is 24.1 Å². The van der Waals surface area contributed by atoms with Crippen molar-refractivity contribution in [3.63, 3.8) is 0 Å². The molecule has 0 fully saturated rings. The van der Waals surface area contributed by atoms with E-state index >= 15 is 0 Å². The minimum absolute atomic E-state index is 0. The number of nitrogens with zero attached hydrogens (tertiary/aromatic N) is 2. The second-order valence-corrected chi connectivity index (χ2v) is 5.74. The van der Waals surface area contributed by atoms with Crippen LogP contribution in [0.25, 0.3) is 0 Å². The van der Waals surface area contributed by atoms with Gasteiger partial charge in [-0.2, -0.15) is 0 Å². The van der Waals surface area contributed by atoms with E-state index in [1.165, 1.54) is 12.8 Å². The number of aromatic nitrogens is 1. The summed E-state index contributed by atoms with van der Waals surface area (Å²) in [7, 11) is 1.60. The summed E-state index contributed by atoms with van der Waals surface area (Å²) in [6.07, 6.45) is 3.55. The van der Waals surface area contributed by atoms with Gasteiger partial charge in [0.1, 0.15) is 0 Å². The van der Waals surface area contributed by atoms with E-state index < -0.39 is 0 Å². The molecule has 0 bridgehead atoms. The first-order valence-electron chi connectivity index (χ1n) is 7.57. The highest BCUT2D eigenvalue weighted by molar-refractivity contribution is 14.0. The summed E-state index contributed by atoms with van der Waals surface area (Å²) in [6.45, 7) is 7.07. The third kappa shape index (κ3) is 9.07. The number of methoxy groups -OCH3 is 1. The molecule has 0 aromatic carbocycles. The lowest BCUT2D eigenvalue weighted by atomic mass is 10.0. The van der Waals surface area contributed by atoms with Gasteiger partial charge in [-0.1, -0.05) is 32.8 Å². The minimum Gasteiger partial charge on any atom is -0.481 e. The molecule has 1 rings (SSSR count). The fourth-order valence-electron chi connectivity index (χ4n) is 2.03. The van der Waals surface area contributed by atoms with Crippen molar-refractivity contribution >= 4 is 29.9 Å². The van der Waals surface area contributed by atoms with Crippen LogP contribution in [0.2, 0.25) is 0 Å². The largest absolute Gasteiger partial charge is 0.481 e. The molecule has 6 heteroatoms. The Hall–Kier alpha value is -1.05. The molecule has 0 saturated heterocycles. The summed E-state index contributed by atoms with van der Waals surface area (Å²) in [5, 5.41) is 3.22. The molecule has 0 aliphatic heterocycles. The second-order valence-electron chi connectivity index (χ2n) is 5.74. The third-order valence-electron chi connectivity index (χ3n) is 3.21. The third-order valence-corrected chi connectivity index (χ3v) is 3.21. The number of hydrogen-bond acceptors (Lipinski definition) is 3. The predicted octanol–water partition coefficient (Wildman–Crippen LogP) is 3.33. The highest BCUT2D eigenvalue weighted by Gasteiger charge is 2.04. The van der Waals surface area contributed by atoms with E-state index in [1.807, 2.05) is 18.2 Å². The van der Waals surface area contributed by atoms with Crippen LogP contribution in [0.4, 0.5) is 0 Å². The van der Waals surface area contributed by atoms with Crippen molar-refractivity contribution in [2.24, 2.45) is 16.6 Å². The molecule has 1 atom stereocenters. The lowest BCUT2D eigenvalue weighted by molar-refractivity contribution is 0.396. The van der Waals surface area contributed by atoms with Crippen molar-refractivity contribution in [1.82, 2.24) is 10.3 Å². The molecule has 126 valence electrons. The van der Waals surface area contributed by atoms with Crippen molar-refractivity contribution in [1.29, 1.82) is 0 Å². The molecule has 3 N–H and O–H groups in total. The highest BCUT2D eigenvalue weighted by Crippen LogP contribution is 2.09. The first-order valence-corrected chi connectivity index (χ1v) is 7.57. The van der Waals surface area contributed by atoms with E-state index in [0.29, 0.717) is 24.4 Å². The number of hydrogen-bond donors (Lipinski definition) is 2. The maximum atomic E-state index is 5.90. The quantitative estimate of drug-likeness (QED) is 0.385. The SMILES string of the molecule is COc1cccc(CN=C(N)NC(C)CCCC(C)C)n1.I. The number of pyridine rings is 1. The van der Waals surface area contributed by atoms with Gasteiger partial charge in [0.25, 0.3) is 0 Å².